The highest BCUT2D eigenvalue weighted by Crippen LogP contribution is 2.27. The smallest absolute Gasteiger partial charge is 0.309 e. The third kappa shape index (κ3) is 4.10. The third-order valence-electron chi connectivity index (χ3n) is 3.00. The van der Waals surface area contributed by atoms with Gasteiger partial charge in [-0.2, -0.15) is 0 Å². The van der Waals surface area contributed by atoms with Crippen molar-refractivity contribution in [1.82, 2.24) is 0 Å². The van der Waals surface area contributed by atoms with Crippen molar-refractivity contribution in [3.05, 3.63) is 29.8 Å². The van der Waals surface area contributed by atoms with Gasteiger partial charge in [0.15, 0.2) is 0 Å². The zero-order chi connectivity index (χ0) is 13.1. The number of nitrogen functional groups attached to an aromatic ring is 1. The van der Waals surface area contributed by atoms with Gasteiger partial charge in [-0.1, -0.05) is 19.1 Å². The van der Waals surface area contributed by atoms with E-state index in [1.165, 1.54) is 5.56 Å². The van der Waals surface area contributed by atoms with Gasteiger partial charge in [-0.15, -0.1) is 0 Å². The highest BCUT2D eigenvalue weighted by molar-refractivity contribution is 5.73. The zero-order valence-electron chi connectivity index (χ0n) is 10.7. The second kappa shape index (κ2) is 5.21. The van der Waals surface area contributed by atoms with Crippen LogP contribution in [0.2, 0.25) is 0 Å². The number of benzene rings is 1. The van der Waals surface area contributed by atoms with E-state index < -0.39 is 11.4 Å². The average molecular weight is 235 g/mol. The number of nitrogens with two attached hydrogens (primary N) is 1. The fourth-order valence-corrected chi connectivity index (χ4v) is 2.09. The Balaban J connectivity index is 2.58. The van der Waals surface area contributed by atoms with Gasteiger partial charge in [-0.25, -0.2) is 0 Å². The van der Waals surface area contributed by atoms with E-state index in [1.54, 1.807) is 13.8 Å². The Hall–Kier alpha value is -1.51. The maximum Gasteiger partial charge on any atom is 0.309 e. The number of hydrogen-bond donors (Lipinski definition) is 2. The molecule has 0 saturated carbocycles. The molecule has 17 heavy (non-hydrogen) atoms. The monoisotopic (exact) mass is 235 g/mol. The number of carboxylic acid groups (broad SMARTS) is 1. The molecule has 3 nitrogen and oxygen atoms in total. The summed E-state index contributed by atoms with van der Waals surface area (Å²) >= 11 is 0. The molecule has 0 saturated heterocycles. The summed E-state index contributed by atoms with van der Waals surface area (Å²) in [7, 11) is 0. The first-order valence-corrected chi connectivity index (χ1v) is 5.89. The molecule has 1 atom stereocenters. The quantitative estimate of drug-likeness (QED) is 0.771. The average Bonchev–Trinajstić information content (AvgIpc) is 2.20. The molecular weight excluding hydrogens is 214 g/mol. The summed E-state index contributed by atoms with van der Waals surface area (Å²) in [5.74, 6) is -0.397. The molecule has 1 rings (SSSR count). The lowest BCUT2D eigenvalue weighted by molar-refractivity contribution is -0.147. The summed E-state index contributed by atoms with van der Waals surface area (Å²) in [6, 6.07) is 7.76. The van der Waals surface area contributed by atoms with Crippen molar-refractivity contribution in [2.45, 2.75) is 33.6 Å². The van der Waals surface area contributed by atoms with Crippen LogP contribution in [-0.4, -0.2) is 11.1 Å². The van der Waals surface area contributed by atoms with Gasteiger partial charge in [-0.3, -0.25) is 4.79 Å². The Labute approximate surface area is 103 Å². The third-order valence-corrected chi connectivity index (χ3v) is 3.00. The summed E-state index contributed by atoms with van der Waals surface area (Å²) in [6.07, 6.45) is 1.56. The molecule has 0 radical (unpaired) electrons. The second-order valence-corrected chi connectivity index (χ2v) is 5.44. The van der Waals surface area contributed by atoms with Crippen LogP contribution in [0.3, 0.4) is 0 Å². The van der Waals surface area contributed by atoms with Crippen LogP contribution in [0.25, 0.3) is 0 Å². The van der Waals surface area contributed by atoms with Gasteiger partial charge in [0.05, 0.1) is 5.41 Å². The molecule has 0 aliphatic heterocycles. The van der Waals surface area contributed by atoms with Gasteiger partial charge in [0.1, 0.15) is 0 Å². The first-order chi connectivity index (χ1) is 7.81. The first-order valence-electron chi connectivity index (χ1n) is 5.89. The lowest BCUT2D eigenvalue weighted by atomic mass is 9.81. The minimum absolute atomic E-state index is 0.338. The SMILES string of the molecule is C[C@@H](Cc1ccc(N)cc1)CC(C)(C)C(=O)O. The topological polar surface area (TPSA) is 63.3 Å². The van der Waals surface area contributed by atoms with E-state index in [4.69, 9.17) is 10.8 Å². The Kier molecular flexibility index (Phi) is 4.16. The molecule has 0 bridgehead atoms. The summed E-state index contributed by atoms with van der Waals surface area (Å²) in [5.41, 5.74) is 6.92. The lowest BCUT2D eigenvalue weighted by Crippen LogP contribution is -2.26. The Bertz CT molecular complexity index is 382. The molecule has 0 amide bonds. The molecule has 0 spiro atoms. The lowest BCUT2D eigenvalue weighted by Gasteiger charge is -2.23. The van der Waals surface area contributed by atoms with Gasteiger partial charge in [0.25, 0.3) is 0 Å². The molecular formula is C14H21NO2. The standard InChI is InChI=1S/C14H21NO2/c1-10(9-14(2,3)13(16)17)8-11-4-6-12(15)7-5-11/h4-7,10H,8-9,15H2,1-3H3,(H,16,17)/t10-/m0/s1. The van der Waals surface area contributed by atoms with Gasteiger partial charge in [0.2, 0.25) is 0 Å². The van der Waals surface area contributed by atoms with Crippen LogP contribution >= 0.6 is 0 Å². The molecule has 0 aliphatic rings. The Morgan fingerprint density at radius 2 is 1.88 bits per heavy atom. The van der Waals surface area contributed by atoms with E-state index in [9.17, 15) is 4.79 Å². The van der Waals surface area contributed by atoms with Crippen molar-refractivity contribution in [1.29, 1.82) is 0 Å². The van der Waals surface area contributed by atoms with Gasteiger partial charge in [-0.05, 0) is 50.3 Å². The van der Waals surface area contributed by atoms with Crippen LogP contribution < -0.4 is 5.73 Å². The molecule has 1 aromatic carbocycles. The molecule has 94 valence electrons. The van der Waals surface area contributed by atoms with E-state index in [-0.39, 0.29) is 0 Å². The molecule has 3 N–H and O–H groups in total. The summed E-state index contributed by atoms with van der Waals surface area (Å²) in [6.45, 7) is 5.63. The number of rotatable bonds is 5. The van der Waals surface area contributed by atoms with E-state index in [1.807, 2.05) is 24.3 Å². The summed E-state index contributed by atoms with van der Waals surface area (Å²) in [4.78, 5) is 11.0. The molecule has 0 aliphatic carbocycles. The minimum Gasteiger partial charge on any atom is -0.481 e. The Morgan fingerprint density at radius 3 is 2.35 bits per heavy atom. The fraction of sp³-hybridized carbons (Fsp3) is 0.500. The number of carbonyl (C=O) groups is 1. The molecule has 3 heteroatoms. The van der Waals surface area contributed by atoms with Crippen LogP contribution in [0.4, 0.5) is 5.69 Å². The van der Waals surface area contributed by atoms with Crippen molar-refractivity contribution in [3.8, 4) is 0 Å². The largest absolute Gasteiger partial charge is 0.481 e. The van der Waals surface area contributed by atoms with Crippen molar-refractivity contribution in [3.63, 3.8) is 0 Å². The fourth-order valence-electron chi connectivity index (χ4n) is 2.09. The predicted octanol–water partition coefficient (Wildman–Crippen LogP) is 2.95. The predicted molar refractivity (Wildman–Crippen MR) is 69.8 cm³/mol. The highest BCUT2D eigenvalue weighted by atomic mass is 16.4. The zero-order valence-corrected chi connectivity index (χ0v) is 10.7. The van der Waals surface area contributed by atoms with Gasteiger partial charge < -0.3 is 10.8 Å². The summed E-state index contributed by atoms with van der Waals surface area (Å²) in [5, 5.41) is 9.08. The highest BCUT2D eigenvalue weighted by Gasteiger charge is 2.28. The normalized spacial score (nSPS) is 13.4. The van der Waals surface area contributed by atoms with Gasteiger partial charge in [0, 0.05) is 5.69 Å². The van der Waals surface area contributed by atoms with Crippen molar-refractivity contribution < 1.29 is 9.90 Å². The maximum absolute atomic E-state index is 11.0. The maximum atomic E-state index is 11.0. The van der Waals surface area contributed by atoms with E-state index in [0.717, 1.165) is 12.1 Å². The van der Waals surface area contributed by atoms with Crippen molar-refractivity contribution in [2.24, 2.45) is 11.3 Å². The Morgan fingerprint density at radius 1 is 1.35 bits per heavy atom. The van der Waals surface area contributed by atoms with Crippen molar-refractivity contribution >= 4 is 11.7 Å². The van der Waals surface area contributed by atoms with Crippen LogP contribution in [0.1, 0.15) is 32.8 Å². The second-order valence-electron chi connectivity index (χ2n) is 5.44. The molecule has 1 aromatic rings. The number of aliphatic carboxylic acids is 1. The van der Waals surface area contributed by atoms with Crippen molar-refractivity contribution in [2.75, 3.05) is 5.73 Å². The molecule has 0 unspecified atom stereocenters. The molecule has 0 heterocycles. The van der Waals surface area contributed by atoms with Crippen LogP contribution in [0.5, 0.6) is 0 Å². The first kappa shape index (κ1) is 13.6. The van der Waals surface area contributed by atoms with E-state index in [0.29, 0.717) is 12.3 Å². The number of anilines is 1. The van der Waals surface area contributed by atoms with E-state index >= 15 is 0 Å². The van der Waals surface area contributed by atoms with Gasteiger partial charge >= 0.3 is 5.97 Å². The van der Waals surface area contributed by atoms with Crippen LogP contribution in [0.15, 0.2) is 24.3 Å². The molecule has 0 fully saturated rings. The van der Waals surface area contributed by atoms with E-state index in [2.05, 4.69) is 6.92 Å². The van der Waals surface area contributed by atoms with Crippen LogP contribution in [-0.2, 0) is 11.2 Å². The van der Waals surface area contributed by atoms with Crippen LogP contribution in [0, 0.1) is 11.3 Å². The summed E-state index contributed by atoms with van der Waals surface area (Å²) < 4.78 is 0. The number of hydrogen-bond acceptors (Lipinski definition) is 2. The minimum atomic E-state index is -0.735. The number of carboxylic acids is 1. The molecule has 0 aromatic heterocycles.